The molecule has 0 amide bonds. The molecule has 2 aromatic rings. The summed E-state index contributed by atoms with van der Waals surface area (Å²) >= 11 is 1.22. The van der Waals surface area contributed by atoms with Crippen LogP contribution in [0.25, 0.3) is 0 Å². The predicted molar refractivity (Wildman–Crippen MR) is 96.4 cm³/mol. The molecule has 3 rings (SSSR count). The van der Waals surface area contributed by atoms with Crippen molar-refractivity contribution in [2.75, 3.05) is 26.2 Å². The first kappa shape index (κ1) is 18.1. The average molecular weight is 380 g/mol. The van der Waals surface area contributed by atoms with E-state index in [0.29, 0.717) is 36.0 Å². The summed E-state index contributed by atoms with van der Waals surface area (Å²) in [5.74, 6) is -0.909. The number of carboxylic acids is 1. The summed E-state index contributed by atoms with van der Waals surface area (Å²) in [6.07, 6.45) is 0.721. The van der Waals surface area contributed by atoms with Crippen LogP contribution in [0.4, 0.5) is 0 Å². The van der Waals surface area contributed by atoms with Crippen molar-refractivity contribution in [2.24, 2.45) is 0 Å². The fourth-order valence-corrected chi connectivity index (χ4v) is 5.22. The number of carboxylic acid groups (broad SMARTS) is 1. The molecule has 8 heteroatoms. The standard InChI is InChI=1S/C17H20N2O4S2/c20-17(21)16-14(7-12-24-16)13-18-8-4-9-19(11-10-18)25(22,23)15-5-2-1-3-6-15/h1-3,5-7,12H,4,8-11,13H2,(H,20,21). The molecule has 1 N–H and O–H groups in total. The Morgan fingerprint density at radius 2 is 1.84 bits per heavy atom. The van der Waals surface area contributed by atoms with E-state index in [1.54, 1.807) is 35.7 Å². The molecule has 134 valence electrons. The topological polar surface area (TPSA) is 77.9 Å². The molecule has 1 aromatic heterocycles. The zero-order valence-electron chi connectivity index (χ0n) is 13.7. The quantitative estimate of drug-likeness (QED) is 0.861. The summed E-state index contributed by atoms with van der Waals surface area (Å²) in [5, 5.41) is 11.0. The van der Waals surface area contributed by atoms with Crippen LogP contribution in [-0.2, 0) is 16.6 Å². The maximum absolute atomic E-state index is 12.7. The molecule has 1 saturated heterocycles. The molecule has 2 heterocycles. The largest absolute Gasteiger partial charge is 0.477 e. The van der Waals surface area contributed by atoms with Crippen molar-refractivity contribution in [2.45, 2.75) is 17.9 Å². The van der Waals surface area contributed by atoms with Crippen LogP contribution in [0.5, 0.6) is 0 Å². The Morgan fingerprint density at radius 1 is 1.08 bits per heavy atom. The number of hydrogen-bond acceptors (Lipinski definition) is 5. The van der Waals surface area contributed by atoms with E-state index in [4.69, 9.17) is 0 Å². The van der Waals surface area contributed by atoms with Crippen LogP contribution in [0, 0.1) is 0 Å². The first-order chi connectivity index (χ1) is 12.0. The minimum atomic E-state index is -3.48. The molecule has 0 aliphatic carbocycles. The third-order valence-corrected chi connectivity index (χ3v) is 7.12. The van der Waals surface area contributed by atoms with E-state index in [9.17, 15) is 18.3 Å². The van der Waals surface area contributed by atoms with E-state index < -0.39 is 16.0 Å². The van der Waals surface area contributed by atoms with Gasteiger partial charge < -0.3 is 5.11 Å². The molecule has 0 radical (unpaired) electrons. The van der Waals surface area contributed by atoms with E-state index in [-0.39, 0.29) is 0 Å². The Morgan fingerprint density at radius 3 is 2.56 bits per heavy atom. The maximum Gasteiger partial charge on any atom is 0.346 e. The van der Waals surface area contributed by atoms with Crippen molar-refractivity contribution in [3.63, 3.8) is 0 Å². The molecule has 0 spiro atoms. The fraction of sp³-hybridized carbons (Fsp3) is 0.353. The Kier molecular flexibility index (Phi) is 5.53. The van der Waals surface area contributed by atoms with E-state index in [2.05, 4.69) is 4.90 Å². The van der Waals surface area contributed by atoms with Gasteiger partial charge in [-0.15, -0.1) is 11.3 Å². The van der Waals surface area contributed by atoms with Crippen molar-refractivity contribution in [1.82, 2.24) is 9.21 Å². The van der Waals surface area contributed by atoms with Gasteiger partial charge in [0, 0.05) is 26.2 Å². The summed E-state index contributed by atoms with van der Waals surface area (Å²) in [6.45, 7) is 2.74. The van der Waals surface area contributed by atoms with Gasteiger partial charge in [0.1, 0.15) is 4.88 Å². The Bertz CT molecular complexity index is 833. The van der Waals surface area contributed by atoms with E-state index in [0.717, 1.165) is 18.5 Å². The summed E-state index contributed by atoms with van der Waals surface area (Å²) in [6, 6.07) is 10.3. The lowest BCUT2D eigenvalue weighted by Crippen LogP contribution is -2.35. The minimum absolute atomic E-state index is 0.314. The number of benzene rings is 1. The number of hydrogen-bond donors (Lipinski definition) is 1. The van der Waals surface area contributed by atoms with Crippen LogP contribution in [0.2, 0.25) is 0 Å². The van der Waals surface area contributed by atoms with Gasteiger partial charge in [-0.3, -0.25) is 4.90 Å². The highest BCUT2D eigenvalue weighted by Gasteiger charge is 2.27. The second-order valence-corrected chi connectivity index (χ2v) is 8.78. The monoisotopic (exact) mass is 380 g/mol. The van der Waals surface area contributed by atoms with Gasteiger partial charge in [0.25, 0.3) is 0 Å². The van der Waals surface area contributed by atoms with E-state index in [1.165, 1.54) is 15.6 Å². The van der Waals surface area contributed by atoms with Crippen molar-refractivity contribution in [3.05, 3.63) is 52.2 Å². The van der Waals surface area contributed by atoms with Crippen molar-refractivity contribution in [1.29, 1.82) is 0 Å². The normalized spacial score (nSPS) is 17.3. The van der Waals surface area contributed by atoms with Crippen molar-refractivity contribution < 1.29 is 18.3 Å². The molecule has 1 aliphatic rings. The van der Waals surface area contributed by atoms with Gasteiger partial charge in [-0.25, -0.2) is 13.2 Å². The lowest BCUT2D eigenvalue weighted by molar-refractivity contribution is 0.0700. The first-order valence-corrected chi connectivity index (χ1v) is 10.4. The molecule has 6 nitrogen and oxygen atoms in total. The number of aromatic carboxylic acids is 1. The number of rotatable bonds is 5. The van der Waals surface area contributed by atoms with Crippen LogP contribution in [0.15, 0.2) is 46.7 Å². The molecule has 0 atom stereocenters. The molecule has 1 aliphatic heterocycles. The maximum atomic E-state index is 12.7. The average Bonchev–Trinajstić information content (AvgIpc) is 2.93. The smallest absolute Gasteiger partial charge is 0.346 e. The zero-order valence-corrected chi connectivity index (χ0v) is 15.3. The molecular formula is C17H20N2O4S2. The summed E-state index contributed by atoms with van der Waals surface area (Å²) in [5.41, 5.74) is 0.789. The predicted octanol–water partition coefficient (Wildman–Crippen LogP) is 2.34. The van der Waals surface area contributed by atoms with Gasteiger partial charge in [0.15, 0.2) is 0 Å². The SMILES string of the molecule is O=C(O)c1sccc1CN1CCCN(S(=O)(=O)c2ccccc2)CC1. The highest BCUT2D eigenvalue weighted by Crippen LogP contribution is 2.21. The second-order valence-electron chi connectivity index (χ2n) is 5.93. The number of sulfonamides is 1. The fourth-order valence-electron chi connectivity index (χ4n) is 2.98. The van der Waals surface area contributed by atoms with Crippen LogP contribution in [-0.4, -0.2) is 54.9 Å². The Labute approximate surface area is 151 Å². The molecule has 0 unspecified atom stereocenters. The molecule has 0 saturated carbocycles. The summed E-state index contributed by atoms with van der Waals surface area (Å²) in [7, 11) is -3.48. The van der Waals surface area contributed by atoms with Gasteiger partial charge in [0.05, 0.1) is 4.90 Å². The van der Waals surface area contributed by atoms with Crippen LogP contribution in [0.1, 0.15) is 21.7 Å². The second kappa shape index (κ2) is 7.65. The third-order valence-electron chi connectivity index (χ3n) is 4.26. The molecule has 1 fully saturated rings. The van der Waals surface area contributed by atoms with Gasteiger partial charge in [-0.1, -0.05) is 18.2 Å². The number of nitrogens with zero attached hydrogens (tertiary/aromatic N) is 2. The van der Waals surface area contributed by atoms with Gasteiger partial charge >= 0.3 is 5.97 Å². The highest BCUT2D eigenvalue weighted by atomic mass is 32.2. The minimum Gasteiger partial charge on any atom is -0.477 e. The van der Waals surface area contributed by atoms with Crippen LogP contribution in [0.3, 0.4) is 0 Å². The lowest BCUT2D eigenvalue weighted by atomic mass is 10.2. The van der Waals surface area contributed by atoms with Gasteiger partial charge in [-0.05, 0) is 42.1 Å². The number of thiophene rings is 1. The Hall–Kier alpha value is -1.74. The molecule has 1 aromatic carbocycles. The zero-order chi connectivity index (χ0) is 17.9. The van der Waals surface area contributed by atoms with Crippen molar-refractivity contribution >= 4 is 27.3 Å². The van der Waals surface area contributed by atoms with E-state index in [1.807, 2.05) is 6.07 Å². The van der Waals surface area contributed by atoms with Crippen molar-refractivity contribution in [3.8, 4) is 0 Å². The van der Waals surface area contributed by atoms with Crippen LogP contribution >= 0.6 is 11.3 Å². The highest BCUT2D eigenvalue weighted by molar-refractivity contribution is 7.89. The summed E-state index contributed by atoms with van der Waals surface area (Å²) in [4.78, 5) is 14.0. The van der Waals surface area contributed by atoms with Gasteiger partial charge in [0.2, 0.25) is 10.0 Å². The molecule has 25 heavy (non-hydrogen) atoms. The van der Waals surface area contributed by atoms with E-state index >= 15 is 0 Å². The summed E-state index contributed by atoms with van der Waals surface area (Å²) < 4.78 is 27.0. The number of carbonyl (C=O) groups is 1. The Balaban J connectivity index is 1.68. The van der Waals surface area contributed by atoms with Crippen LogP contribution < -0.4 is 0 Å². The first-order valence-electron chi connectivity index (χ1n) is 8.05. The third kappa shape index (κ3) is 4.09. The van der Waals surface area contributed by atoms with Gasteiger partial charge in [-0.2, -0.15) is 4.31 Å². The molecule has 0 bridgehead atoms. The molecular weight excluding hydrogens is 360 g/mol. The lowest BCUT2D eigenvalue weighted by Gasteiger charge is -2.21.